The van der Waals surface area contributed by atoms with Crippen molar-refractivity contribution in [3.63, 3.8) is 0 Å². The third-order valence-corrected chi connectivity index (χ3v) is 8.74. The van der Waals surface area contributed by atoms with E-state index in [4.69, 9.17) is 21.4 Å². The third-order valence-electron chi connectivity index (χ3n) is 8.37. The highest BCUT2D eigenvalue weighted by molar-refractivity contribution is 6.40. The fourth-order valence-electron chi connectivity index (χ4n) is 6.07. The molecule has 1 amide bonds. The molecule has 6 aromatic rings. The van der Waals surface area contributed by atoms with Gasteiger partial charge in [0.15, 0.2) is 0 Å². The molecule has 6 nitrogen and oxygen atoms in total. The summed E-state index contributed by atoms with van der Waals surface area (Å²) >= 11 is 7.34. The Morgan fingerprint density at radius 1 is 0.894 bits per heavy atom. The smallest absolute Gasteiger partial charge is 0.410 e. The lowest BCUT2D eigenvalue weighted by atomic mass is 10.0. The molecule has 0 unspecified atom stereocenters. The van der Waals surface area contributed by atoms with Crippen LogP contribution in [0.4, 0.5) is 9.18 Å². The zero-order valence-corrected chi connectivity index (χ0v) is 28.1. The fourth-order valence-corrected chi connectivity index (χ4v) is 6.48. The van der Waals surface area contributed by atoms with Crippen LogP contribution in [0, 0.1) is 6.92 Å². The van der Waals surface area contributed by atoms with Gasteiger partial charge in [0, 0.05) is 36.0 Å². The molecule has 0 saturated carbocycles. The van der Waals surface area contributed by atoms with Gasteiger partial charge in [0.1, 0.15) is 5.60 Å². The molecule has 2 heterocycles. The molecule has 242 valence electrons. The third kappa shape index (κ3) is 6.91. The number of ether oxygens (including phenoxy) is 1. The van der Waals surface area contributed by atoms with Crippen LogP contribution in [0.15, 0.2) is 97.2 Å². The van der Waals surface area contributed by atoms with Crippen LogP contribution >= 0.6 is 11.6 Å². The Kier molecular flexibility index (Phi) is 9.37. The van der Waals surface area contributed by atoms with E-state index < -0.39 is 18.4 Å². The van der Waals surface area contributed by atoms with Crippen molar-refractivity contribution in [1.82, 2.24) is 19.2 Å². The maximum Gasteiger partial charge on any atom is 0.410 e. The van der Waals surface area contributed by atoms with E-state index in [1.807, 2.05) is 74.1 Å². The maximum absolute atomic E-state index is 13.0. The number of carbonyl (C=O) groups excluding carboxylic acids is 1. The summed E-state index contributed by atoms with van der Waals surface area (Å²) in [5.74, 6) is 0. The molecule has 0 aliphatic rings. The van der Waals surface area contributed by atoms with Gasteiger partial charge in [-0.1, -0.05) is 78.3 Å². The minimum absolute atomic E-state index is 0.286. The van der Waals surface area contributed by atoms with Crippen molar-refractivity contribution >= 4 is 39.5 Å². The fraction of sp³-hybridized carbons (Fsp3) is 0.282. The van der Waals surface area contributed by atoms with Crippen molar-refractivity contribution in [1.29, 1.82) is 0 Å². The zero-order chi connectivity index (χ0) is 33.1. The van der Waals surface area contributed by atoms with Gasteiger partial charge in [0.05, 0.1) is 40.3 Å². The molecule has 8 heteroatoms. The predicted molar refractivity (Wildman–Crippen MR) is 189 cm³/mol. The summed E-state index contributed by atoms with van der Waals surface area (Å²) in [6.07, 6.45) is 2.42. The highest BCUT2D eigenvalue weighted by Gasteiger charge is 2.23. The summed E-state index contributed by atoms with van der Waals surface area (Å²) in [6, 6.07) is 31.2. The molecule has 0 N–H and O–H groups in total. The molecule has 0 fully saturated rings. The van der Waals surface area contributed by atoms with E-state index in [1.54, 1.807) is 4.90 Å². The van der Waals surface area contributed by atoms with Gasteiger partial charge < -0.3 is 14.2 Å². The van der Waals surface area contributed by atoms with E-state index in [9.17, 15) is 9.18 Å². The second kappa shape index (κ2) is 13.6. The zero-order valence-electron chi connectivity index (χ0n) is 27.3. The Labute approximate surface area is 280 Å². The monoisotopic (exact) mass is 650 g/mol. The molecule has 47 heavy (non-hydrogen) atoms. The molecule has 0 bridgehead atoms. The summed E-state index contributed by atoms with van der Waals surface area (Å²) in [5, 5.41) is 7.45. The van der Waals surface area contributed by atoms with Crippen LogP contribution < -0.4 is 0 Å². The second-order valence-corrected chi connectivity index (χ2v) is 13.3. The van der Waals surface area contributed by atoms with E-state index in [2.05, 4.69) is 60.0 Å². The standard InChI is InChI=1S/C39H40ClFN4O2/c1-27-11-8-9-14-31(27)37-36(40)35-32-25-42-45(30-12-6-5-7-13-30)33(32)19-20-34(35)44(37)26-29-17-15-28(16-18-29)21-24-43(23-10-22-41)38(46)47-39(2,3)4/h5-9,11-20,25H,10,21-24,26H2,1-4H3. The van der Waals surface area contributed by atoms with Gasteiger partial charge in [-0.2, -0.15) is 5.10 Å². The SMILES string of the molecule is Cc1ccccc1-c1c(Cl)c2c3cnn(-c4ccccc4)c3ccc2n1Cc1ccc(CCN(CCCF)C(=O)OC(C)(C)C)cc1. The lowest BCUT2D eigenvalue weighted by molar-refractivity contribution is 0.0247. The molecule has 0 aliphatic heterocycles. The van der Waals surface area contributed by atoms with Crippen LogP contribution in [-0.4, -0.2) is 50.7 Å². The van der Waals surface area contributed by atoms with Crippen LogP contribution in [0.1, 0.15) is 43.9 Å². The highest BCUT2D eigenvalue weighted by Crippen LogP contribution is 2.42. The topological polar surface area (TPSA) is 52.3 Å². The van der Waals surface area contributed by atoms with Gasteiger partial charge in [-0.05, 0) is 81.5 Å². The Hall–Kier alpha value is -4.62. The number of hydrogen-bond acceptors (Lipinski definition) is 3. The van der Waals surface area contributed by atoms with Crippen molar-refractivity contribution in [2.24, 2.45) is 0 Å². The summed E-state index contributed by atoms with van der Waals surface area (Å²) in [6.45, 7) is 8.54. The Bertz CT molecular complexity index is 2010. The first-order valence-electron chi connectivity index (χ1n) is 16.1. The number of alkyl halides is 1. The number of para-hydroxylation sites is 1. The van der Waals surface area contributed by atoms with Crippen LogP contribution in [0.3, 0.4) is 0 Å². The van der Waals surface area contributed by atoms with Gasteiger partial charge in [0.25, 0.3) is 0 Å². The lowest BCUT2D eigenvalue weighted by Crippen LogP contribution is -2.38. The van der Waals surface area contributed by atoms with E-state index in [-0.39, 0.29) is 6.42 Å². The average Bonchev–Trinajstić information content (AvgIpc) is 3.60. The number of halogens is 2. The molecule has 0 radical (unpaired) electrons. The molecule has 6 rings (SSSR count). The van der Waals surface area contributed by atoms with Gasteiger partial charge in [0.2, 0.25) is 0 Å². The number of nitrogens with zero attached hydrogens (tertiary/aromatic N) is 4. The summed E-state index contributed by atoms with van der Waals surface area (Å²) in [5.41, 5.74) is 7.85. The molecule has 0 aliphatic carbocycles. The number of benzene rings is 4. The lowest BCUT2D eigenvalue weighted by Gasteiger charge is -2.27. The molecule has 0 saturated heterocycles. The number of rotatable bonds is 10. The van der Waals surface area contributed by atoms with Crippen molar-refractivity contribution < 1.29 is 13.9 Å². The first kappa shape index (κ1) is 32.3. The largest absolute Gasteiger partial charge is 0.444 e. The summed E-state index contributed by atoms with van der Waals surface area (Å²) in [7, 11) is 0. The Morgan fingerprint density at radius 2 is 1.57 bits per heavy atom. The minimum Gasteiger partial charge on any atom is -0.444 e. The van der Waals surface area contributed by atoms with Crippen LogP contribution in [0.5, 0.6) is 0 Å². The summed E-state index contributed by atoms with van der Waals surface area (Å²) in [4.78, 5) is 14.3. The van der Waals surface area contributed by atoms with Gasteiger partial charge in [-0.15, -0.1) is 0 Å². The van der Waals surface area contributed by atoms with Crippen molar-refractivity contribution in [3.8, 4) is 16.9 Å². The average molecular weight is 651 g/mol. The second-order valence-electron chi connectivity index (χ2n) is 12.9. The maximum atomic E-state index is 13.0. The van der Waals surface area contributed by atoms with Gasteiger partial charge >= 0.3 is 6.09 Å². The summed E-state index contributed by atoms with van der Waals surface area (Å²) < 4.78 is 22.8. The van der Waals surface area contributed by atoms with Crippen molar-refractivity contribution in [2.75, 3.05) is 19.8 Å². The molecule has 0 atom stereocenters. The number of hydrogen-bond donors (Lipinski definition) is 0. The minimum atomic E-state index is -0.608. The van der Waals surface area contributed by atoms with E-state index >= 15 is 0 Å². The normalized spacial score (nSPS) is 11.8. The van der Waals surface area contributed by atoms with Crippen LogP contribution in [-0.2, 0) is 17.7 Å². The Balaban J connectivity index is 1.33. The Morgan fingerprint density at radius 3 is 2.28 bits per heavy atom. The van der Waals surface area contributed by atoms with Crippen molar-refractivity contribution in [2.45, 2.75) is 52.7 Å². The van der Waals surface area contributed by atoms with E-state index in [1.165, 1.54) is 0 Å². The van der Waals surface area contributed by atoms with Gasteiger partial charge in [-0.3, -0.25) is 4.39 Å². The van der Waals surface area contributed by atoms with Crippen molar-refractivity contribution in [3.05, 3.63) is 119 Å². The van der Waals surface area contributed by atoms with E-state index in [0.717, 1.165) is 55.4 Å². The number of amides is 1. The first-order chi connectivity index (χ1) is 22.6. The number of aromatic nitrogens is 3. The number of aryl methyl sites for hydroxylation is 1. The highest BCUT2D eigenvalue weighted by atomic mass is 35.5. The first-order valence-corrected chi connectivity index (χ1v) is 16.4. The number of carbonyl (C=O) groups is 1. The molecule has 4 aromatic carbocycles. The van der Waals surface area contributed by atoms with Crippen LogP contribution in [0.2, 0.25) is 5.02 Å². The predicted octanol–water partition coefficient (Wildman–Crippen LogP) is 9.80. The molecular formula is C39H40ClFN4O2. The van der Waals surface area contributed by atoms with E-state index in [0.29, 0.717) is 31.1 Å². The van der Waals surface area contributed by atoms with Crippen LogP contribution in [0.25, 0.3) is 38.8 Å². The molecular weight excluding hydrogens is 611 g/mol. The molecule has 0 spiro atoms. The number of fused-ring (bicyclic) bond motifs is 3. The van der Waals surface area contributed by atoms with Gasteiger partial charge in [-0.25, -0.2) is 9.48 Å². The quantitative estimate of drug-likeness (QED) is 0.148. The molecule has 2 aromatic heterocycles.